The van der Waals surface area contributed by atoms with E-state index in [2.05, 4.69) is 30.4 Å². The summed E-state index contributed by atoms with van der Waals surface area (Å²) in [7, 11) is 0. The molecule has 2 rings (SSSR count). The number of aryl methyl sites for hydroxylation is 1. The van der Waals surface area contributed by atoms with Crippen LogP contribution in [0.3, 0.4) is 0 Å². The van der Waals surface area contributed by atoms with Gasteiger partial charge in [0.1, 0.15) is 0 Å². The number of benzene rings is 1. The number of likely N-dealkylation sites (N-methyl/N-ethyl adjacent to an activating group) is 1. The second-order valence-electron chi connectivity index (χ2n) is 6.01. The van der Waals surface area contributed by atoms with Gasteiger partial charge in [0.2, 0.25) is 5.91 Å². The fourth-order valence-corrected chi connectivity index (χ4v) is 2.97. The number of hydrogen-bond donors (Lipinski definition) is 1. The Labute approximate surface area is 134 Å². The maximum Gasteiger partial charge on any atom is 0.240 e. The molecule has 0 heterocycles. The summed E-state index contributed by atoms with van der Waals surface area (Å²) in [5.41, 5.74) is 3.72. The van der Waals surface area contributed by atoms with Crippen LogP contribution in [0, 0.1) is 6.92 Å². The Balaban J connectivity index is 1.78. The van der Waals surface area contributed by atoms with E-state index in [1.807, 2.05) is 24.0 Å². The zero-order chi connectivity index (χ0) is 15.8. The maximum atomic E-state index is 12.4. The van der Waals surface area contributed by atoms with Gasteiger partial charge in [0.05, 0.1) is 6.54 Å². The van der Waals surface area contributed by atoms with Gasteiger partial charge in [-0.3, -0.25) is 4.79 Å². The van der Waals surface area contributed by atoms with Crippen LogP contribution in [0.25, 0.3) is 0 Å². The van der Waals surface area contributed by atoms with E-state index in [-0.39, 0.29) is 5.91 Å². The number of nitrogens with one attached hydrogen (secondary N) is 1. The molecular weight excluding hydrogens is 272 g/mol. The summed E-state index contributed by atoms with van der Waals surface area (Å²) in [5, 5.41) is 3.30. The minimum Gasteiger partial charge on any atom is -0.312 e. The highest BCUT2D eigenvalue weighted by Crippen LogP contribution is 2.19. The van der Waals surface area contributed by atoms with E-state index in [9.17, 15) is 4.79 Å². The van der Waals surface area contributed by atoms with Gasteiger partial charge in [0.15, 0.2) is 0 Å². The first-order valence-electron chi connectivity index (χ1n) is 8.46. The van der Waals surface area contributed by atoms with Crippen molar-refractivity contribution in [2.24, 2.45) is 0 Å². The molecule has 120 valence electrons. The van der Waals surface area contributed by atoms with Gasteiger partial charge in [-0.15, -0.1) is 0 Å². The molecule has 0 aliphatic heterocycles. The Hall–Kier alpha value is -1.61. The fourth-order valence-electron chi connectivity index (χ4n) is 2.97. The van der Waals surface area contributed by atoms with Crippen molar-refractivity contribution < 1.29 is 4.79 Å². The molecule has 0 unspecified atom stereocenters. The number of carbonyl (C=O) groups excluding carboxylic acids is 1. The number of hydrogen-bond acceptors (Lipinski definition) is 2. The van der Waals surface area contributed by atoms with Crippen LogP contribution in [-0.2, 0) is 4.79 Å². The first-order chi connectivity index (χ1) is 10.7. The zero-order valence-electron chi connectivity index (χ0n) is 13.9. The van der Waals surface area contributed by atoms with E-state index >= 15 is 0 Å². The molecule has 3 heteroatoms. The van der Waals surface area contributed by atoms with E-state index in [0.717, 1.165) is 18.7 Å². The first kappa shape index (κ1) is 16.8. The Kier molecular flexibility index (Phi) is 6.66. The Morgan fingerprint density at radius 3 is 2.86 bits per heavy atom. The molecule has 0 saturated heterocycles. The standard InChI is InChI=1S/C19H28N2O/c1-3-21(18-11-7-8-16(2)14-18)19(22)15-20-13-12-17-9-5-4-6-10-17/h7-9,11,14,20H,3-6,10,12-13,15H2,1-2H3. The number of amides is 1. The normalized spacial score (nSPS) is 14.5. The van der Waals surface area contributed by atoms with Crippen LogP contribution in [0.5, 0.6) is 0 Å². The number of nitrogens with zero attached hydrogens (tertiary/aromatic N) is 1. The van der Waals surface area contributed by atoms with E-state index < -0.39 is 0 Å². The second kappa shape index (κ2) is 8.74. The molecule has 0 bridgehead atoms. The smallest absolute Gasteiger partial charge is 0.240 e. The predicted octanol–water partition coefficient (Wildman–Crippen LogP) is 3.83. The molecule has 0 atom stereocenters. The lowest BCUT2D eigenvalue weighted by molar-refractivity contribution is -0.117. The predicted molar refractivity (Wildman–Crippen MR) is 93.2 cm³/mol. The van der Waals surface area contributed by atoms with Crippen LogP contribution in [0.2, 0.25) is 0 Å². The molecular formula is C19H28N2O. The van der Waals surface area contributed by atoms with E-state index in [4.69, 9.17) is 0 Å². The van der Waals surface area contributed by atoms with E-state index in [1.54, 1.807) is 5.57 Å². The second-order valence-corrected chi connectivity index (χ2v) is 6.01. The fraction of sp³-hybridized carbons (Fsp3) is 0.526. The average Bonchev–Trinajstić information content (AvgIpc) is 2.53. The van der Waals surface area contributed by atoms with Gasteiger partial charge >= 0.3 is 0 Å². The van der Waals surface area contributed by atoms with Crippen LogP contribution in [-0.4, -0.2) is 25.5 Å². The number of anilines is 1. The van der Waals surface area contributed by atoms with Crippen LogP contribution >= 0.6 is 0 Å². The summed E-state index contributed by atoms with van der Waals surface area (Å²) in [6.07, 6.45) is 8.56. The van der Waals surface area contributed by atoms with Crippen molar-refractivity contribution in [2.75, 3.05) is 24.5 Å². The quantitative estimate of drug-likeness (QED) is 0.613. The Morgan fingerprint density at radius 1 is 1.32 bits per heavy atom. The Bertz CT molecular complexity index is 522. The molecule has 1 aliphatic carbocycles. The van der Waals surface area contributed by atoms with Crippen molar-refractivity contribution in [1.29, 1.82) is 0 Å². The molecule has 0 spiro atoms. The summed E-state index contributed by atoms with van der Waals surface area (Å²) in [5.74, 6) is 0.144. The van der Waals surface area contributed by atoms with E-state index in [0.29, 0.717) is 13.1 Å². The van der Waals surface area contributed by atoms with Crippen molar-refractivity contribution in [3.8, 4) is 0 Å². The number of rotatable bonds is 7. The molecule has 1 amide bonds. The minimum atomic E-state index is 0.144. The van der Waals surface area contributed by atoms with E-state index in [1.165, 1.54) is 31.2 Å². The van der Waals surface area contributed by atoms with Crippen LogP contribution in [0.1, 0.15) is 44.6 Å². The molecule has 0 fully saturated rings. The first-order valence-corrected chi connectivity index (χ1v) is 8.46. The van der Waals surface area contributed by atoms with Crippen LogP contribution in [0.4, 0.5) is 5.69 Å². The summed E-state index contributed by atoms with van der Waals surface area (Å²) in [4.78, 5) is 14.2. The van der Waals surface area contributed by atoms with Crippen molar-refractivity contribution >= 4 is 11.6 Å². The monoisotopic (exact) mass is 300 g/mol. The third-order valence-corrected chi connectivity index (χ3v) is 4.21. The highest BCUT2D eigenvalue weighted by atomic mass is 16.2. The zero-order valence-corrected chi connectivity index (χ0v) is 13.9. The topological polar surface area (TPSA) is 32.3 Å². The summed E-state index contributed by atoms with van der Waals surface area (Å²) < 4.78 is 0. The van der Waals surface area contributed by atoms with Gasteiger partial charge in [0, 0.05) is 12.2 Å². The SMILES string of the molecule is CCN(C(=O)CNCCC1=CCCCC1)c1cccc(C)c1. The number of allylic oxidation sites excluding steroid dienone is 1. The number of carbonyl (C=O) groups is 1. The molecule has 3 nitrogen and oxygen atoms in total. The van der Waals surface area contributed by atoms with Crippen LogP contribution in [0.15, 0.2) is 35.9 Å². The molecule has 1 N–H and O–H groups in total. The van der Waals surface area contributed by atoms with Gasteiger partial charge in [-0.05, 0) is 70.2 Å². The lowest BCUT2D eigenvalue weighted by Crippen LogP contribution is -2.38. The third kappa shape index (κ3) is 4.99. The highest BCUT2D eigenvalue weighted by molar-refractivity contribution is 5.94. The lowest BCUT2D eigenvalue weighted by atomic mass is 9.97. The van der Waals surface area contributed by atoms with Gasteiger partial charge in [0.25, 0.3) is 0 Å². The summed E-state index contributed by atoms with van der Waals surface area (Å²) >= 11 is 0. The van der Waals surface area contributed by atoms with Crippen molar-refractivity contribution in [2.45, 2.75) is 46.0 Å². The molecule has 1 aromatic carbocycles. The minimum absolute atomic E-state index is 0.144. The molecule has 1 aromatic rings. The maximum absolute atomic E-state index is 12.4. The van der Waals surface area contributed by atoms with Gasteiger partial charge in [-0.2, -0.15) is 0 Å². The molecule has 0 radical (unpaired) electrons. The molecule has 0 saturated carbocycles. The largest absolute Gasteiger partial charge is 0.312 e. The molecule has 1 aliphatic rings. The summed E-state index contributed by atoms with van der Waals surface area (Å²) in [6.45, 7) is 6.08. The third-order valence-electron chi connectivity index (χ3n) is 4.21. The van der Waals surface area contributed by atoms with Gasteiger partial charge < -0.3 is 10.2 Å². The molecule has 22 heavy (non-hydrogen) atoms. The van der Waals surface area contributed by atoms with Crippen molar-refractivity contribution in [3.05, 3.63) is 41.5 Å². The highest BCUT2D eigenvalue weighted by Gasteiger charge is 2.13. The average molecular weight is 300 g/mol. The van der Waals surface area contributed by atoms with Crippen molar-refractivity contribution in [1.82, 2.24) is 5.32 Å². The summed E-state index contributed by atoms with van der Waals surface area (Å²) in [6, 6.07) is 8.12. The van der Waals surface area contributed by atoms with Gasteiger partial charge in [-0.25, -0.2) is 0 Å². The molecule has 0 aromatic heterocycles. The van der Waals surface area contributed by atoms with Crippen molar-refractivity contribution in [3.63, 3.8) is 0 Å². The van der Waals surface area contributed by atoms with Gasteiger partial charge in [-0.1, -0.05) is 23.8 Å². The Morgan fingerprint density at radius 2 is 2.18 bits per heavy atom. The van der Waals surface area contributed by atoms with Crippen LogP contribution < -0.4 is 10.2 Å². The lowest BCUT2D eigenvalue weighted by Gasteiger charge is -2.22.